The zero-order valence-corrected chi connectivity index (χ0v) is 26.0. The summed E-state index contributed by atoms with van der Waals surface area (Å²) in [5.41, 5.74) is 9.31. The van der Waals surface area contributed by atoms with Crippen LogP contribution in [0.25, 0.3) is 11.2 Å². The number of nitrogens with zero attached hydrogens (tertiary/aromatic N) is 4. The lowest BCUT2D eigenvalue weighted by Gasteiger charge is -2.20. The zero-order valence-electron chi connectivity index (χ0n) is 23.4. The minimum absolute atomic E-state index is 0.0473. The van der Waals surface area contributed by atoms with Crippen LogP contribution in [0.2, 0.25) is 0 Å². The van der Waals surface area contributed by atoms with Gasteiger partial charge < -0.3 is 40.7 Å². The molecule has 4 rings (SSSR count). The van der Waals surface area contributed by atoms with Crippen molar-refractivity contribution in [2.75, 3.05) is 25.4 Å². The topological polar surface area (TPSA) is 300 Å². The Morgan fingerprint density at radius 1 is 1.02 bits per heavy atom. The van der Waals surface area contributed by atoms with Gasteiger partial charge in [0.1, 0.15) is 30.2 Å². The Bertz CT molecular complexity index is 1630. The van der Waals surface area contributed by atoms with E-state index in [9.17, 15) is 43.4 Å². The first-order valence-electron chi connectivity index (χ1n) is 13.3. The number of nitrogens with one attached hydrogen (secondary N) is 2. The van der Waals surface area contributed by atoms with Gasteiger partial charge >= 0.3 is 23.4 Å². The fraction of sp³-hybridized carbons (Fsp3) is 0.500. The quantitative estimate of drug-likeness (QED) is 0.0627. The Labute approximate surface area is 255 Å². The molecule has 248 valence electrons. The fourth-order valence-corrected chi connectivity index (χ4v) is 8.00. The van der Waals surface area contributed by atoms with Crippen molar-refractivity contribution in [1.82, 2.24) is 29.9 Å². The summed E-state index contributed by atoms with van der Waals surface area (Å²) < 4.78 is 56.4. The smallest absolute Gasteiger partial charge is 0.387 e. The molecule has 9 N–H and O–H groups in total. The van der Waals surface area contributed by atoms with Gasteiger partial charge in [0.25, 0.3) is 5.91 Å². The lowest BCUT2D eigenvalue weighted by molar-refractivity contribution is -0.117. The summed E-state index contributed by atoms with van der Waals surface area (Å²) in [6.07, 6.45) is 3.53. The number of anilines is 1. The molecule has 2 aliphatic rings. The predicted octanol–water partition coefficient (Wildman–Crippen LogP) is 0.296. The Hall–Kier alpha value is -2.63. The van der Waals surface area contributed by atoms with Crippen LogP contribution in [0, 0.1) is 0 Å². The van der Waals surface area contributed by atoms with Gasteiger partial charge in [0, 0.05) is 13.1 Å². The number of imidazole rings is 1. The molecule has 1 saturated heterocycles. The van der Waals surface area contributed by atoms with E-state index in [1.807, 2.05) is 5.09 Å². The number of nitrogen functional groups attached to an aromatic ring is 1. The third-order valence-electron chi connectivity index (χ3n) is 6.36. The minimum atomic E-state index is -5.66. The number of allylic oxidation sites excluding steroid dienone is 1. The molecule has 0 aromatic carbocycles. The van der Waals surface area contributed by atoms with Crippen molar-refractivity contribution in [2.24, 2.45) is 0 Å². The average molecular weight is 695 g/mol. The summed E-state index contributed by atoms with van der Waals surface area (Å²) in [6, 6.07) is 0. The number of amides is 1. The molecule has 3 unspecified atom stereocenters. The van der Waals surface area contributed by atoms with E-state index < -0.39 is 54.5 Å². The highest BCUT2D eigenvalue weighted by Gasteiger charge is 2.47. The summed E-state index contributed by atoms with van der Waals surface area (Å²) in [5, 5.41) is 25.6. The van der Waals surface area contributed by atoms with Crippen molar-refractivity contribution < 1.29 is 61.3 Å². The number of hydrogen-bond acceptors (Lipinski definition) is 14. The second-order valence-electron chi connectivity index (χ2n) is 9.71. The van der Waals surface area contributed by atoms with Gasteiger partial charge in [-0.3, -0.25) is 13.9 Å². The van der Waals surface area contributed by atoms with Gasteiger partial charge in [0.05, 0.1) is 18.5 Å². The number of phosphoric acid groups is 2. The molecule has 0 spiro atoms. The Morgan fingerprint density at radius 2 is 1.76 bits per heavy atom. The number of nitrogens with two attached hydrogens (primary N) is 1. The van der Waals surface area contributed by atoms with Crippen LogP contribution in [-0.2, 0) is 36.4 Å². The Balaban J connectivity index is 1.17. The Kier molecular flexibility index (Phi) is 11.6. The molecule has 1 aliphatic carbocycles. The van der Waals surface area contributed by atoms with Gasteiger partial charge in [-0.25, -0.2) is 33.7 Å². The largest absolute Gasteiger partial charge is 0.489 e. The summed E-state index contributed by atoms with van der Waals surface area (Å²) in [6.45, 7) is -0.640. The lowest BCUT2D eigenvalue weighted by Crippen LogP contribution is -2.33. The zero-order chi connectivity index (χ0) is 32.8. The number of hydrogen-bond donors (Lipinski definition) is 8. The molecule has 20 nitrogen and oxygen atoms in total. The summed E-state index contributed by atoms with van der Waals surface area (Å²) in [5.74, 6) is -0.196. The summed E-state index contributed by atoms with van der Waals surface area (Å²) in [4.78, 5) is 53.2. The number of rotatable bonds is 17. The van der Waals surface area contributed by atoms with Crippen molar-refractivity contribution in [3.63, 3.8) is 0 Å². The van der Waals surface area contributed by atoms with Crippen LogP contribution in [0.15, 0.2) is 42.2 Å². The van der Waals surface area contributed by atoms with Crippen LogP contribution in [0.4, 0.5) is 5.82 Å². The first-order valence-corrected chi connectivity index (χ1v) is 17.9. The second kappa shape index (κ2) is 14.9. The van der Waals surface area contributed by atoms with Gasteiger partial charge in [-0.15, -0.1) is 5.73 Å². The van der Waals surface area contributed by atoms with E-state index in [-0.39, 0.29) is 29.4 Å². The highest BCUT2D eigenvalue weighted by Crippen LogP contribution is 2.66. The van der Waals surface area contributed by atoms with E-state index >= 15 is 0 Å². The van der Waals surface area contributed by atoms with Gasteiger partial charge in [0.15, 0.2) is 17.7 Å². The van der Waals surface area contributed by atoms with Crippen LogP contribution in [0.5, 0.6) is 0 Å². The molecular weight excluding hydrogens is 663 g/mol. The predicted molar refractivity (Wildman–Crippen MR) is 153 cm³/mol. The molecule has 1 aliphatic heterocycles. The maximum Gasteiger partial charge on any atom is 0.489 e. The standard InChI is InChI=1S/C22H32N7O13P3/c23-19-16-20(26-12-25-19)29(13-27-16)22-18(31)17(30)15(40-22)11-39-44(35,36)42-45(37,38)41-43(33,34)28-10-6-2-1-5-9-24-21(32)14-7-3-4-8-14/h3-4,7,12-13,15,17-18,22,30-31H,1-2,5-6,9-11H2,(H,24,32)(H,35,36)(H,37,38)(H2,23,25,26)(H2,28,33,34)/t15-,17-,18-,22-/m1/s1. The second-order valence-corrected chi connectivity index (χ2v) is 14.5. The molecule has 1 fully saturated rings. The highest BCUT2D eigenvalue weighted by atomic mass is 31.3. The van der Waals surface area contributed by atoms with E-state index in [2.05, 4.69) is 39.1 Å². The van der Waals surface area contributed by atoms with Crippen molar-refractivity contribution in [2.45, 2.75) is 50.2 Å². The number of carbonyl (C=O) groups excluding carboxylic acids is 1. The maximum absolute atomic E-state index is 12.3. The van der Waals surface area contributed by atoms with Gasteiger partial charge in [0.2, 0.25) is 0 Å². The van der Waals surface area contributed by atoms with E-state index in [0.29, 0.717) is 37.8 Å². The molecule has 7 atom stereocenters. The molecule has 0 radical (unpaired) electrons. The lowest BCUT2D eigenvalue weighted by atomic mass is 10.1. The van der Waals surface area contributed by atoms with Crippen molar-refractivity contribution >= 4 is 46.3 Å². The molecule has 2 aromatic rings. The number of aromatic nitrogens is 4. The number of unbranched alkanes of at least 4 members (excludes halogenated alkanes) is 3. The summed E-state index contributed by atoms with van der Waals surface area (Å²) >= 11 is 0. The molecule has 45 heavy (non-hydrogen) atoms. The number of fused-ring (bicyclic) bond motifs is 1. The number of carbonyl (C=O) groups is 1. The monoisotopic (exact) mass is 695 g/mol. The highest BCUT2D eigenvalue weighted by molar-refractivity contribution is 7.67. The summed E-state index contributed by atoms with van der Waals surface area (Å²) in [7, 11) is -16.1. The van der Waals surface area contributed by atoms with Gasteiger partial charge in [-0.2, -0.15) is 8.62 Å². The maximum atomic E-state index is 12.3. The first kappa shape index (κ1) is 35.2. The van der Waals surface area contributed by atoms with E-state index in [1.165, 1.54) is 10.9 Å². The average Bonchev–Trinajstić information content (AvgIpc) is 3.69. The number of ether oxygens (including phenoxy) is 1. The van der Waals surface area contributed by atoms with E-state index in [0.717, 1.165) is 6.33 Å². The molecule has 3 heterocycles. The molecule has 0 saturated carbocycles. The van der Waals surface area contributed by atoms with E-state index in [4.69, 9.17) is 10.5 Å². The van der Waals surface area contributed by atoms with Crippen molar-refractivity contribution in [3.8, 4) is 0 Å². The normalized spacial score (nSPS) is 25.1. The molecule has 0 bridgehead atoms. The van der Waals surface area contributed by atoms with Gasteiger partial charge in [-0.1, -0.05) is 18.9 Å². The first-order chi connectivity index (χ1) is 21.2. The fourth-order valence-electron chi connectivity index (χ4n) is 4.25. The van der Waals surface area contributed by atoms with Crippen molar-refractivity contribution in [3.05, 3.63) is 42.2 Å². The molecule has 1 amide bonds. The van der Waals surface area contributed by atoms with Crippen molar-refractivity contribution in [1.29, 1.82) is 0 Å². The van der Waals surface area contributed by atoms with Crippen LogP contribution in [-0.4, -0.2) is 88.3 Å². The SMILES string of the molecule is Nc1ncnc2c1ncn2[C@@H]1O[C@H](COP(=O)(O)OP(=O)(O)OP(=O)(O)NCCCCCCNC(=O)C2=C=CC=C2)[C@@H](O)[C@H]1O. The third kappa shape index (κ3) is 9.68. The molecular formula is C22H32N7O13P3. The number of aliphatic hydroxyl groups excluding tert-OH is 2. The number of aliphatic hydroxyl groups is 2. The molecule has 2 aromatic heterocycles. The van der Waals surface area contributed by atoms with Crippen LogP contribution >= 0.6 is 23.4 Å². The van der Waals surface area contributed by atoms with Crippen LogP contribution in [0.3, 0.4) is 0 Å². The molecule has 23 heteroatoms. The van der Waals surface area contributed by atoms with Crippen LogP contribution < -0.4 is 16.1 Å². The minimum Gasteiger partial charge on any atom is -0.387 e. The number of phosphoric ester groups is 1. The van der Waals surface area contributed by atoms with Crippen LogP contribution in [0.1, 0.15) is 31.9 Å². The van der Waals surface area contributed by atoms with Gasteiger partial charge in [-0.05, 0) is 25.0 Å². The third-order valence-corrected chi connectivity index (χ3v) is 10.8. The Morgan fingerprint density at radius 3 is 2.47 bits per heavy atom. The van der Waals surface area contributed by atoms with E-state index in [1.54, 1.807) is 18.2 Å².